The average molecular weight is 271 g/mol. The van der Waals surface area contributed by atoms with E-state index in [1.165, 1.54) is 5.56 Å². The van der Waals surface area contributed by atoms with Gasteiger partial charge in [-0.05, 0) is 50.7 Å². The molecule has 3 nitrogen and oxygen atoms in total. The van der Waals surface area contributed by atoms with Crippen molar-refractivity contribution in [2.45, 2.75) is 19.9 Å². The minimum Gasteiger partial charge on any atom is -0.490 e. The fourth-order valence-corrected chi connectivity index (χ4v) is 1.95. The molecule has 0 heterocycles. The van der Waals surface area contributed by atoms with Gasteiger partial charge in [0.15, 0.2) is 11.5 Å². The molecule has 0 aliphatic carbocycles. The van der Waals surface area contributed by atoms with Crippen LogP contribution in [0, 0.1) is 0 Å². The van der Waals surface area contributed by atoms with Gasteiger partial charge in [0.25, 0.3) is 0 Å². The summed E-state index contributed by atoms with van der Waals surface area (Å²) in [7, 11) is 1.95. The van der Waals surface area contributed by atoms with E-state index >= 15 is 0 Å². The molecule has 2 rings (SSSR count). The SMILES string of the molecule is CCOc1ccccc1Oc1cccc(C(C)NC)c1. The van der Waals surface area contributed by atoms with E-state index in [4.69, 9.17) is 9.47 Å². The number of hydrogen-bond acceptors (Lipinski definition) is 3. The van der Waals surface area contributed by atoms with Gasteiger partial charge < -0.3 is 14.8 Å². The van der Waals surface area contributed by atoms with Crippen molar-refractivity contribution >= 4 is 0 Å². The molecule has 0 saturated heterocycles. The second-order valence-electron chi connectivity index (χ2n) is 4.56. The van der Waals surface area contributed by atoms with E-state index in [-0.39, 0.29) is 0 Å². The highest BCUT2D eigenvalue weighted by Gasteiger charge is 2.07. The smallest absolute Gasteiger partial charge is 0.169 e. The number of benzene rings is 2. The zero-order chi connectivity index (χ0) is 14.4. The molecule has 1 atom stereocenters. The lowest BCUT2D eigenvalue weighted by atomic mass is 10.1. The molecule has 106 valence electrons. The van der Waals surface area contributed by atoms with Crippen molar-refractivity contribution in [2.75, 3.05) is 13.7 Å². The van der Waals surface area contributed by atoms with Crippen molar-refractivity contribution in [3.05, 3.63) is 54.1 Å². The Balaban J connectivity index is 2.22. The molecule has 0 aliphatic rings. The van der Waals surface area contributed by atoms with Crippen molar-refractivity contribution in [3.63, 3.8) is 0 Å². The number of ether oxygens (including phenoxy) is 2. The molecule has 2 aromatic carbocycles. The van der Waals surface area contributed by atoms with Crippen LogP contribution in [0.4, 0.5) is 0 Å². The summed E-state index contributed by atoms with van der Waals surface area (Å²) in [5.41, 5.74) is 1.19. The third-order valence-electron chi connectivity index (χ3n) is 3.17. The zero-order valence-corrected chi connectivity index (χ0v) is 12.2. The number of nitrogens with one attached hydrogen (secondary N) is 1. The summed E-state index contributed by atoms with van der Waals surface area (Å²) in [6, 6.07) is 16.1. The Morgan fingerprint density at radius 3 is 2.50 bits per heavy atom. The predicted molar refractivity (Wildman–Crippen MR) is 81.6 cm³/mol. The Bertz CT molecular complexity index is 554. The quantitative estimate of drug-likeness (QED) is 0.855. The van der Waals surface area contributed by atoms with Crippen LogP contribution < -0.4 is 14.8 Å². The van der Waals surface area contributed by atoms with Crippen LogP contribution in [0.2, 0.25) is 0 Å². The summed E-state index contributed by atoms with van der Waals surface area (Å²) in [4.78, 5) is 0. The molecular weight excluding hydrogens is 250 g/mol. The van der Waals surface area contributed by atoms with Crippen molar-refractivity contribution in [1.29, 1.82) is 0 Å². The Morgan fingerprint density at radius 2 is 1.80 bits per heavy atom. The highest BCUT2D eigenvalue weighted by atomic mass is 16.5. The van der Waals surface area contributed by atoms with Crippen LogP contribution in [0.1, 0.15) is 25.5 Å². The first-order chi connectivity index (χ1) is 9.74. The molecular formula is C17H21NO2. The Morgan fingerprint density at radius 1 is 1.05 bits per heavy atom. The van der Waals surface area contributed by atoms with Crippen LogP contribution in [-0.2, 0) is 0 Å². The zero-order valence-electron chi connectivity index (χ0n) is 12.2. The summed E-state index contributed by atoms with van der Waals surface area (Å²) in [5.74, 6) is 2.32. The summed E-state index contributed by atoms with van der Waals surface area (Å²) < 4.78 is 11.5. The average Bonchev–Trinajstić information content (AvgIpc) is 2.49. The Hall–Kier alpha value is -2.00. The molecule has 0 radical (unpaired) electrons. The minimum atomic E-state index is 0.292. The fourth-order valence-electron chi connectivity index (χ4n) is 1.95. The lowest BCUT2D eigenvalue weighted by Crippen LogP contribution is -2.12. The predicted octanol–water partition coefficient (Wildman–Crippen LogP) is 4.16. The molecule has 1 unspecified atom stereocenters. The standard InChI is InChI=1S/C17H21NO2/c1-4-19-16-10-5-6-11-17(16)20-15-9-7-8-14(12-15)13(2)18-3/h5-13,18H,4H2,1-3H3. The van der Waals surface area contributed by atoms with Crippen molar-refractivity contribution < 1.29 is 9.47 Å². The molecule has 3 heteroatoms. The van der Waals surface area contributed by atoms with Gasteiger partial charge in [-0.2, -0.15) is 0 Å². The molecule has 20 heavy (non-hydrogen) atoms. The van der Waals surface area contributed by atoms with Gasteiger partial charge in [-0.15, -0.1) is 0 Å². The van der Waals surface area contributed by atoms with Crippen molar-refractivity contribution in [1.82, 2.24) is 5.32 Å². The first-order valence-corrected chi connectivity index (χ1v) is 6.91. The maximum Gasteiger partial charge on any atom is 0.169 e. The molecule has 0 fully saturated rings. The Kier molecular flexibility index (Phi) is 5.02. The van der Waals surface area contributed by atoms with Crippen LogP contribution in [-0.4, -0.2) is 13.7 Å². The van der Waals surface area contributed by atoms with E-state index in [0.717, 1.165) is 17.2 Å². The molecule has 0 aliphatic heterocycles. The highest BCUT2D eigenvalue weighted by Crippen LogP contribution is 2.32. The van der Waals surface area contributed by atoms with Gasteiger partial charge in [0, 0.05) is 6.04 Å². The van der Waals surface area contributed by atoms with E-state index in [1.807, 2.05) is 56.4 Å². The van der Waals surface area contributed by atoms with Crippen LogP contribution >= 0.6 is 0 Å². The van der Waals surface area contributed by atoms with Gasteiger partial charge in [0.05, 0.1) is 6.61 Å². The lowest BCUT2D eigenvalue weighted by molar-refractivity contribution is 0.321. The molecule has 2 aromatic rings. The second kappa shape index (κ2) is 6.96. The highest BCUT2D eigenvalue weighted by molar-refractivity contribution is 5.43. The first-order valence-electron chi connectivity index (χ1n) is 6.91. The summed E-state index contributed by atoms with van der Waals surface area (Å²) in [5, 5.41) is 3.22. The number of para-hydroxylation sites is 2. The van der Waals surface area contributed by atoms with E-state index in [1.54, 1.807) is 0 Å². The van der Waals surface area contributed by atoms with Crippen LogP contribution in [0.25, 0.3) is 0 Å². The second-order valence-corrected chi connectivity index (χ2v) is 4.56. The third kappa shape index (κ3) is 3.52. The number of hydrogen-bond donors (Lipinski definition) is 1. The number of rotatable bonds is 6. The van der Waals surface area contributed by atoms with Crippen molar-refractivity contribution in [3.8, 4) is 17.2 Å². The maximum atomic E-state index is 5.94. The molecule has 0 bridgehead atoms. The topological polar surface area (TPSA) is 30.5 Å². The normalized spacial score (nSPS) is 11.9. The lowest BCUT2D eigenvalue weighted by Gasteiger charge is -2.14. The Labute approximate surface area is 120 Å². The maximum absolute atomic E-state index is 5.94. The summed E-state index contributed by atoms with van der Waals surface area (Å²) in [6.07, 6.45) is 0. The minimum absolute atomic E-state index is 0.292. The van der Waals surface area contributed by atoms with Gasteiger partial charge in [-0.3, -0.25) is 0 Å². The summed E-state index contributed by atoms with van der Waals surface area (Å²) >= 11 is 0. The van der Waals surface area contributed by atoms with Gasteiger partial charge in [0.2, 0.25) is 0 Å². The van der Waals surface area contributed by atoms with E-state index < -0.39 is 0 Å². The van der Waals surface area contributed by atoms with Gasteiger partial charge in [0.1, 0.15) is 5.75 Å². The monoisotopic (exact) mass is 271 g/mol. The van der Waals surface area contributed by atoms with E-state index in [0.29, 0.717) is 12.6 Å². The van der Waals surface area contributed by atoms with Crippen LogP contribution in [0.5, 0.6) is 17.2 Å². The van der Waals surface area contributed by atoms with Gasteiger partial charge >= 0.3 is 0 Å². The van der Waals surface area contributed by atoms with Crippen molar-refractivity contribution in [2.24, 2.45) is 0 Å². The summed E-state index contributed by atoms with van der Waals surface area (Å²) in [6.45, 7) is 4.70. The van der Waals surface area contributed by atoms with E-state index in [2.05, 4.69) is 18.3 Å². The van der Waals surface area contributed by atoms with E-state index in [9.17, 15) is 0 Å². The first kappa shape index (κ1) is 14.4. The van der Waals surface area contributed by atoms with Crippen LogP contribution in [0.15, 0.2) is 48.5 Å². The molecule has 0 saturated carbocycles. The molecule has 0 aromatic heterocycles. The van der Waals surface area contributed by atoms with Gasteiger partial charge in [-0.1, -0.05) is 24.3 Å². The molecule has 0 amide bonds. The molecule has 1 N–H and O–H groups in total. The van der Waals surface area contributed by atoms with Gasteiger partial charge in [-0.25, -0.2) is 0 Å². The van der Waals surface area contributed by atoms with Crippen LogP contribution in [0.3, 0.4) is 0 Å². The fraction of sp³-hybridized carbons (Fsp3) is 0.294. The largest absolute Gasteiger partial charge is 0.490 e. The molecule has 0 spiro atoms. The third-order valence-corrected chi connectivity index (χ3v) is 3.17.